The van der Waals surface area contributed by atoms with Gasteiger partial charge in [0.05, 0.1) is 10.7 Å². The van der Waals surface area contributed by atoms with Gasteiger partial charge < -0.3 is 4.98 Å². The lowest BCUT2D eigenvalue weighted by Gasteiger charge is -1.93. The zero-order valence-corrected chi connectivity index (χ0v) is 9.84. The van der Waals surface area contributed by atoms with E-state index < -0.39 is 0 Å². The monoisotopic (exact) mass is 228 g/mol. The van der Waals surface area contributed by atoms with E-state index in [4.69, 9.17) is 0 Å². The molecule has 3 heteroatoms. The zero-order chi connectivity index (χ0) is 11.0. The van der Waals surface area contributed by atoms with Gasteiger partial charge in [0.15, 0.2) is 0 Å². The Morgan fingerprint density at radius 1 is 1.31 bits per heavy atom. The normalized spacial score (nSPS) is 11.1. The average molecular weight is 228 g/mol. The summed E-state index contributed by atoms with van der Waals surface area (Å²) in [4.78, 5) is 7.90. The van der Waals surface area contributed by atoms with Gasteiger partial charge in [-0.05, 0) is 12.5 Å². The van der Waals surface area contributed by atoms with E-state index in [0.717, 1.165) is 12.1 Å². The predicted octanol–water partition coefficient (Wildman–Crippen LogP) is 3.85. The summed E-state index contributed by atoms with van der Waals surface area (Å²) in [6.45, 7) is 2.14. The number of hydrogen-bond donors (Lipinski definition) is 1. The van der Waals surface area contributed by atoms with Crippen LogP contribution in [0.1, 0.15) is 11.9 Å². The van der Waals surface area contributed by atoms with Crippen molar-refractivity contribution in [2.75, 3.05) is 0 Å². The summed E-state index contributed by atoms with van der Waals surface area (Å²) in [6.07, 6.45) is 3.05. The number of hydrogen-bond acceptors (Lipinski definition) is 2. The first-order valence-corrected chi connectivity index (χ1v) is 6.27. The number of rotatable bonds is 2. The predicted molar refractivity (Wildman–Crippen MR) is 68.8 cm³/mol. The van der Waals surface area contributed by atoms with Crippen molar-refractivity contribution in [3.8, 4) is 11.3 Å². The highest BCUT2D eigenvalue weighted by molar-refractivity contribution is 7.09. The molecule has 2 aromatic heterocycles. The number of aromatic amines is 1. The minimum atomic E-state index is 1.01. The molecular formula is C13H12N2S. The molecule has 0 radical (unpaired) electrons. The Balaban J connectivity index is 2.18. The van der Waals surface area contributed by atoms with Crippen LogP contribution in [0, 0.1) is 0 Å². The Morgan fingerprint density at radius 2 is 2.19 bits per heavy atom. The van der Waals surface area contributed by atoms with Gasteiger partial charge in [-0.3, -0.25) is 0 Å². The molecule has 0 bridgehead atoms. The van der Waals surface area contributed by atoms with Crippen molar-refractivity contribution in [2.45, 2.75) is 13.3 Å². The topological polar surface area (TPSA) is 28.7 Å². The van der Waals surface area contributed by atoms with Gasteiger partial charge in [0.25, 0.3) is 0 Å². The number of para-hydroxylation sites is 1. The largest absolute Gasteiger partial charge is 0.360 e. The third kappa shape index (κ3) is 1.44. The molecule has 0 spiro atoms. The second kappa shape index (κ2) is 3.76. The maximum absolute atomic E-state index is 4.62. The molecule has 0 unspecified atom stereocenters. The minimum absolute atomic E-state index is 1.01. The molecule has 0 fully saturated rings. The van der Waals surface area contributed by atoms with E-state index in [9.17, 15) is 0 Å². The highest BCUT2D eigenvalue weighted by Gasteiger charge is 2.08. The van der Waals surface area contributed by atoms with Crippen LogP contribution < -0.4 is 0 Å². The number of benzene rings is 1. The van der Waals surface area contributed by atoms with Crippen molar-refractivity contribution >= 4 is 22.2 Å². The summed E-state index contributed by atoms with van der Waals surface area (Å²) in [7, 11) is 0. The van der Waals surface area contributed by atoms with Gasteiger partial charge >= 0.3 is 0 Å². The molecule has 1 N–H and O–H groups in total. The molecule has 80 valence electrons. The van der Waals surface area contributed by atoms with Gasteiger partial charge in [0.1, 0.15) is 0 Å². The van der Waals surface area contributed by atoms with Gasteiger partial charge in [-0.2, -0.15) is 0 Å². The van der Waals surface area contributed by atoms with E-state index in [1.807, 2.05) is 12.3 Å². The van der Waals surface area contributed by atoms with Crippen molar-refractivity contribution < 1.29 is 0 Å². The van der Waals surface area contributed by atoms with Crippen LogP contribution in [0.2, 0.25) is 0 Å². The summed E-state index contributed by atoms with van der Waals surface area (Å²) in [5.74, 6) is 0. The molecule has 0 atom stereocenters. The van der Waals surface area contributed by atoms with Crippen molar-refractivity contribution in [2.24, 2.45) is 0 Å². The fraction of sp³-hybridized carbons (Fsp3) is 0.154. The minimum Gasteiger partial charge on any atom is -0.360 e. The number of H-pyrrole nitrogens is 1. The molecule has 0 aliphatic carbocycles. The first-order valence-electron chi connectivity index (χ1n) is 5.39. The number of nitrogens with zero attached hydrogens (tertiary/aromatic N) is 1. The van der Waals surface area contributed by atoms with E-state index in [2.05, 4.69) is 40.5 Å². The SMILES string of the molecule is CCc1nc(-c2c[nH]c3ccccc23)cs1. The molecule has 0 saturated heterocycles. The smallest absolute Gasteiger partial charge is 0.0929 e. The van der Waals surface area contributed by atoms with Crippen LogP contribution in [0.5, 0.6) is 0 Å². The molecule has 0 aliphatic heterocycles. The molecule has 0 amide bonds. The first kappa shape index (κ1) is 9.60. The number of aryl methyl sites for hydroxylation is 1. The van der Waals surface area contributed by atoms with Crippen LogP contribution in [0.4, 0.5) is 0 Å². The maximum Gasteiger partial charge on any atom is 0.0929 e. The van der Waals surface area contributed by atoms with Gasteiger partial charge in [-0.1, -0.05) is 25.1 Å². The highest BCUT2D eigenvalue weighted by atomic mass is 32.1. The fourth-order valence-corrected chi connectivity index (χ4v) is 2.63. The van der Waals surface area contributed by atoms with Crippen LogP contribution in [-0.2, 0) is 6.42 Å². The van der Waals surface area contributed by atoms with Crippen LogP contribution >= 0.6 is 11.3 Å². The quantitative estimate of drug-likeness (QED) is 0.709. The summed E-state index contributed by atoms with van der Waals surface area (Å²) in [5.41, 5.74) is 3.45. The highest BCUT2D eigenvalue weighted by Crippen LogP contribution is 2.29. The first-order chi connectivity index (χ1) is 7.88. The lowest BCUT2D eigenvalue weighted by atomic mass is 10.1. The fourth-order valence-electron chi connectivity index (χ4n) is 1.88. The van der Waals surface area contributed by atoms with Gasteiger partial charge in [0.2, 0.25) is 0 Å². The van der Waals surface area contributed by atoms with E-state index >= 15 is 0 Å². The number of thiazole rings is 1. The number of aromatic nitrogens is 2. The Kier molecular flexibility index (Phi) is 2.26. The van der Waals surface area contributed by atoms with E-state index in [0.29, 0.717) is 0 Å². The number of nitrogens with one attached hydrogen (secondary N) is 1. The van der Waals surface area contributed by atoms with Gasteiger partial charge in [0, 0.05) is 28.0 Å². The summed E-state index contributed by atoms with van der Waals surface area (Å²) in [5, 5.41) is 4.57. The standard InChI is InChI=1S/C13H12N2S/c1-2-13-15-12(8-16-13)10-7-14-11-6-4-3-5-9(10)11/h3-8,14H,2H2,1H3. The molecule has 2 nitrogen and oxygen atoms in total. The van der Waals surface area contributed by atoms with Crippen LogP contribution in [0.3, 0.4) is 0 Å². The Hall–Kier alpha value is -1.61. The lowest BCUT2D eigenvalue weighted by molar-refractivity contribution is 1.10. The Bertz CT molecular complexity index is 621. The van der Waals surface area contributed by atoms with Crippen LogP contribution in [-0.4, -0.2) is 9.97 Å². The summed E-state index contributed by atoms with van der Waals surface area (Å²) >= 11 is 1.73. The van der Waals surface area contributed by atoms with Gasteiger partial charge in [-0.25, -0.2) is 4.98 Å². The lowest BCUT2D eigenvalue weighted by Crippen LogP contribution is -1.78. The number of fused-ring (bicyclic) bond motifs is 1. The molecule has 0 saturated carbocycles. The van der Waals surface area contributed by atoms with E-state index in [-0.39, 0.29) is 0 Å². The second-order valence-corrected chi connectivity index (χ2v) is 4.67. The molecule has 3 aromatic rings. The molecule has 2 heterocycles. The molecule has 0 aliphatic rings. The summed E-state index contributed by atoms with van der Waals surface area (Å²) in [6, 6.07) is 8.33. The van der Waals surface area contributed by atoms with Crippen molar-refractivity contribution in [1.29, 1.82) is 0 Å². The van der Waals surface area contributed by atoms with Crippen molar-refractivity contribution in [3.05, 3.63) is 40.8 Å². The van der Waals surface area contributed by atoms with Crippen molar-refractivity contribution in [3.63, 3.8) is 0 Å². The molecule has 1 aromatic carbocycles. The van der Waals surface area contributed by atoms with Crippen molar-refractivity contribution in [1.82, 2.24) is 9.97 Å². The van der Waals surface area contributed by atoms with E-state index in [1.165, 1.54) is 21.5 Å². The Labute approximate surface area is 98.0 Å². The average Bonchev–Trinajstić information content (AvgIpc) is 2.94. The Morgan fingerprint density at radius 3 is 3.00 bits per heavy atom. The third-order valence-corrected chi connectivity index (χ3v) is 3.71. The third-order valence-electron chi connectivity index (χ3n) is 2.72. The molecular weight excluding hydrogens is 216 g/mol. The zero-order valence-electron chi connectivity index (χ0n) is 9.03. The van der Waals surface area contributed by atoms with Crippen LogP contribution in [0.25, 0.3) is 22.2 Å². The van der Waals surface area contributed by atoms with Gasteiger partial charge in [-0.15, -0.1) is 11.3 Å². The maximum atomic E-state index is 4.62. The molecule has 16 heavy (non-hydrogen) atoms. The molecule has 3 rings (SSSR count). The van der Waals surface area contributed by atoms with Crippen LogP contribution in [0.15, 0.2) is 35.8 Å². The second-order valence-electron chi connectivity index (χ2n) is 3.73. The van der Waals surface area contributed by atoms with E-state index in [1.54, 1.807) is 11.3 Å². The summed E-state index contributed by atoms with van der Waals surface area (Å²) < 4.78 is 0.